The second-order valence-corrected chi connectivity index (χ2v) is 6.04. The molecule has 0 aliphatic rings. The molecule has 20 heavy (non-hydrogen) atoms. The first kappa shape index (κ1) is 19.0. The lowest BCUT2D eigenvalue weighted by Gasteiger charge is -2.19. The number of hydrogen-bond acceptors (Lipinski definition) is 3. The van der Waals surface area contributed by atoms with Crippen LogP contribution in [0.4, 0.5) is 4.79 Å². The van der Waals surface area contributed by atoms with Gasteiger partial charge in [-0.2, -0.15) is 0 Å². The predicted molar refractivity (Wildman–Crippen MR) is 85.0 cm³/mol. The molecule has 0 heterocycles. The Labute approximate surface area is 124 Å². The monoisotopic (exact) mass is 284 g/mol. The Bertz CT molecular complexity index is 260. The van der Waals surface area contributed by atoms with Crippen molar-refractivity contribution >= 4 is 6.09 Å². The summed E-state index contributed by atoms with van der Waals surface area (Å²) in [5.74, 6) is 0. The van der Waals surface area contributed by atoms with Crippen LogP contribution in [-0.2, 0) is 4.74 Å². The topological polar surface area (TPSA) is 50.4 Å². The number of hydrogen-bond donors (Lipinski definition) is 2. The van der Waals surface area contributed by atoms with Gasteiger partial charge < -0.3 is 15.4 Å². The molecular formula is C16H32N2O2. The fourth-order valence-corrected chi connectivity index (χ4v) is 1.79. The number of unbranched alkanes of at least 4 members (excludes halogenated alkanes) is 5. The van der Waals surface area contributed by atoms with Gasteiger partial charge in [-0.1, -0.05) is 31.8 Å². The van der Waals surface area contributed by atoms with Gasteiger partial charge >= 0.3 is 6.09 Å². The predicted octanol–water partition coefficient (Wildman–Crippen LogP) is 3.63. The molecule has 0 spiro atoms. The van der Waals surface area contributed by atoms with Crippen molar-refractivity contribution in [2.24, 2.45) is 0 Å². The van der Waals surface area contributed by atoms with Crippen molar-refractivity contribution in [2.75, 3.05) is 19.6 Å². The number of rotatable bonds is 11. The molecule has 0 aromatic heterocycles. The summed E-state index contributed by atoms with van der Waals surface area (Å²) in [6.45, 7) is 12.0. The van der Waals surface area contributed by atoms with Crippen LogP contribution in [0.3, 0.4) is 0 Å². The highest BCUT2D eigenvalue weighted by Gasteiger charge is 2.15. The molecule has 0 aromatic rings. The minimum atomic E-state index is -0.413. The molecule has 2 N–H and O–H groups in total. The number of nitrogens with one attached hydrogen (secondary N) is 2. The molecule has 0 atom stereocenters. The molecule has 0 unspecified atom stereocenters. The van der Waals surface area contributed by atoms with E-state index in [1.807, 2.05) is 26.8 Å². The standard InChI is InChI=1S/C16H32N2O2/c1-5-12-17-13-10-8-6-7-9-11-14-18-15(19)20-16(2,3)4/h5,17H,1,6-14H2,2-4H3,(H,18,19). The van der Waals surface area contributed by atoms with Crippen molar-refractivity contribution in [3.05, 3.63) is 12.7 Å². The van der Waals surface area contributed by atoms with Gasteiger partial charge in [0.15, 0.2) is 0 Å². The minimum absolute atomic E-state index is 0.314. The van der Waals surface area contributed by atoms with Crippen LogP contribution in [0.1, 0.15) is 59.3 Å². The second kappa shape index (κ2) is 11.8. The Hall–Kier alpha value is -1.03. The highest BCUT2D eigenvalue weighted by atomic mass is 16.6. The van der Waals surface area contributed by atoms with Gasteiger partial charge in [0.25, 0.3) is 0 Å². The van der Waals surface area contributed by atoms with Crippen LogP contribution in [0, 0.1) is 0 Å². The van der Waals surface area contributed by atoms with Gasteiger partial charge in [0, 0.05) is 13.1 Å². The van der Waals surface area contributed by atoms with Crippen molar-refractivity contribution in [3.63, 3.8) is 0 Å². The molecule has 0 aromatic carbocycles. The quantitative estimate of drug-likeness (QED) is 0.450. The molecule has 0 saturated carbocycles. The maximum atomic E-state index is 11.4. The molecule has 0 rings (SSSR count). The number of carbonyl (C=O) groups excluding carboxylic acids is 1. The molecule has 0 aliphatic heterocycles. The van der Waals surface area contributed by atoms with E-state index < -0.39 is 5.60 Å². The van der Waals surface area contributed by atoms with Crippen LogP contribution in [-0.4, -0.2) is 31.3 Å². The minimum Gasteiger partial charge on any atom is -0.444 e. The van der Waals surface area contributed by atoms with E-state index in [1.54, 1.807) is 0 Å². The molecule has 1 amide bonds. The lowest BCUT2D eigenvalue weighted by Crippen LogP contribution is -2.32. The molecule has 0 radical (unpaired) electrons. The van der Waals surface area contributed by atoms with E-state index >= 15 is 0 Å². The van der Waals surface area contributed by atoms with Gasteiger partial charge in [-0.05, 0) is 40.2 Å². The van der Waals surface area contributed by atoms with E-state index in [0.717, 1.165) is 25.9 Å². The highest BCUT2D eigenvalue weighted by Crippen LogP contribution is 2.07. The van der Waals surface area contributed by atoms with Crippen LogP contribution in [0.5, 0.6) is 0 Å². The number of carbonyl (C=O) groups is 1. The van der Waals surface area contributed by atoms with Crippen LogP contribution in [0.25, 0.3) is 0 Å². The van der Waals surface area contributed by atoms with Crippen LogP contribution < -0.4 is 10.6 Å². The van der Waals surface area contributed by atoms with Gasteiger partial charge in [0.1, 0.15) is 5.60 Å². The molecule has 0 fully saturated rings. The van der Waals surface area contributed by atoms with E-state index in [0.29, 0.717) is 6.54 Å². The molecule has 4 heteroatoms. The summed E-state index contributed by atoms with van der Waals surface area (Å²) in [5.41, 5.74) is -0.413. The van der Waals surface area contributed by atoms with Gasteiger partial charge in [-0.3, -0.25) is 0 Å². The van der Waals surface area contributed by atoms with Gasteiger partial charge in [0.05, 0.1) is 0 Å². The third-order valence-electron chi connectivity index (χ3n) is 2.74. The Morgan fingerprint density at radius 2 is 1.60 bits per heavy atom. The van der Waals surface area contributed by atoms with E-state index in [9.17, 15) is 4.79 Å². The summed E-state index contributed by atoms with van der Waals surface area (Å²) >= 11 is 0. The van der Waals surface area contributed by atoms with Crippen molar-refractivity contribution in [2.45, 2.75) is 64.9 Å². The maximum Gasteiger partial charge on any atom is 0.407 e. The molecule has 0 aliphatic carbocycles. The van der Waals surface area contributed by atoms with E-state index in [2.05, 4.69) is 17.2 Å². The fraction of sp³-hybridized carbons (Fsp3) is 0.812. The Morgan fingerprint density at radius 1 is 1.05 bits per heavy atom. The van der Waals surface area contributed by atoms with Crippen LogP contribution >= 0.6 is 0 Å². The lowest BCUT2D eigenvalue weighted by molar-refractivity contribution is 0.0527. The van der Waals surface area contributed by atoms with Crippen molar-refractivity contribution in [1.29, 1.82) is 0 Å². The zero-order valence-corrected chi connectivity index (χ0v) is 13.5. The van der Waals surface area contributed by atoms with E-state index in [-0.39, 0.29) is 6.09 Å². The Balaban J connectivity index is 3.20. The zero-order chi connectivity index (χ0) is 15.3. The van der Waals surface area contributed by atoms with Crippen LogP contribution in [0.15, 0.2) is 12.7 Å². The summed E-state index contributed by atoms with van der Waals surface area (Å²) in [5, 5.41) is 6.08. The van der Waals surface area contributed by atoms with Crippen molar-refractivity contribution in [1.82, 2.24) is 10.6 Å². The Morgan fingerprint density at radius 3 is 2.15 bits per heavy atom. The average Bonchev–Trinajstić information content (AvgIpc) is 2.34. The van der Waals surface area contributed by atoms with Gasteiger partial charge in [0.2, 0.25) is 0 Å². The summed E-state index contributed by atoms with van der Waals surface area (Å²) in [7, 11) is 0. The Kier molecular flexibility index (Phi) is 11.2. The van der Waals surface area contributed by atoms with E-state index in [1.165, 1.54) is 25.7 Å². The molecule has 0 bridgehead atoms. The summed E-state index contributed by atoms with van der Waals surface area (Å²) in [6, 6.07) is 0. The van der Waals surface area contributed by atoms with Crippen LogP contribution in [0.2, 0.25) is 0 Å². The SMILES string of the molecule is C=CCNCCCCCCCCNC(=O)OC(C)(C)C. The lowest BCUT2D eigenvalue weighted by atomic mass is 10.1. The zero-order valence-electron chi connectivity index (χ0n) is 13.5. The number of ether oxygens (including phenoxy) is 1. The summed E-state index contributed by atoms with van der Waals surface area (Å²) in [4.78, 5) is 11.4. The molecular weight excluding hydrogens is 252 g/mol. The third kappa shape index (κ3) is 15.0. The molecule has 0 saturated heterocycles. The van der Waals surface area contributed by atoms with Crippen molar-refractivity contribution in [3.8, 4) is 0 Å². The summed E-state index contributed by atoms with van der Waals surface area (Å²) in [6.07, 6.45) is 8.75. The fourth-order valence-electron chi connectivity index (χ4n) is 1.79. The van der Waals surface area contributed by atoms with E-state index in [4.69, 9.17) is 4.74 Å². The first-order valence-corrected chi connectivity index (χ1v) is 7.74. The largest absolute Gasteiger partial charge is 0.444 e. The van der Waals surface area contributed by atoms with Gasteiger partial charge in [-0.15, -0.1) is 6.58 Å². The first-order chi connectivity index (χ1) is 9.45. The number of amides is 1. The average molecular weight is 284 g/mol. The molecule has 118 valence electrons. The second-order valence-electron chi connectivity index (χ2n) is 6.04. The maximum absolute atomic E-state index is 11.4. The van der Waals surface area contributed by atoms with Crippen molar-refractivity contribution < 1.29 is 9.53 Å². The number of alkyl carbamates (subject to hydrolysis) is 1. The third-order valence-corrected chi connectivity index (χ3v) is 2.74. The van der Waals surface area contributed by atoms with Gasteiger partial charge in [-0.25, -0.2) is 4.79 Å². The highest BCUT2D eigenvalue weighted by molar-refractivity contribution is 5.67. The summed E-state index contributed by atoms with van der Waals surface area (Å²) < 4.78 is 5.17. The normalized spacial score (nSPS) is 11.2. The molecule has 4 nitrogen and oxygen atoms in total. The first-order valence-electron chi connectivity index (χ1n) is 7.74. The smallest absolute Gasteiger partial charge is 0.407 e.